The summed E-state index contributed by atoms with van der Waals surface area (Å²) in [5, 5.41) is 0. The van der Waals surface area contributed by atoms with Crippen molar-refractivity contribution in [2.45, 2.75) is 51.9 Å². The largest absolute Gasteiger partial charge is 0.391 e. The van der Waals surface area contributed by atoms with Gasteiger partial charge in [0.15, 0.2) is 17.3 Å². The number of guanidine groups is 1. The fourth-order valence-electron chi connectivity index (χ4n) is 6.01. The van der Waals surface area contributed by atoms with Gasteiger partial charge in [0, 0.05) is 31.4 Å². The number of likely N-dealkylation sites (tertiary alicyclic amines) is 1. The van der Waals surface area contributed by atoms with Crippen molar-refractivity contribution in [2.75, 3.05) is 31.1 Å². The third-order valence-corrected chi connectivity index (χ3v) is 8.20. The van der Waals surface area contributed by atoms with Crippen LogP contribution >= 0.6 is 0 Å². The number of hydrogen-bond acceptors (Lipinski definition) is 6. The zero-order chi connectivity index (χ0) is 31.6. The fraction of sp³-hybridized carbons (Fsp3) is 0.433. The number of carbonyl (C=O) groups is 2. The predicted molar refractivity (Wildman–Crippen MR) is 151 cm³/mol. The Morgan fingerprint density at radius 3 is 2.45 bits per heavy atom. The molecule has 0 aliphatic carbocycles. The van der Waals surface area contributed by atoms with Crippen LogP contribution < -0.4 is 4.90 Å². The lowest BCUT2D eigenvalue weighted by Gasteiger charge is -2.34. The van der Waals surface area contributed by atoms with Crippen molar-refractivity contribution in [3.05, 3.63) is 65.1 Å². The second-order valence-corrected chi connectivity index (χ2v) is 11.8. The topological polar surface area (TPSA) is 86.9 Å². The van der Waals surface area contributed by atoms with Gasteiger partial charge in [-0.25, -0.2) is 18.8 Å². The molecule has 0 spiro atoms. The third-order valence-electron chi connectivity index (χ3n) is 8.20. The molecule has 3 aliphatic heterocycles. The maximum atomic E-state index is 14.3. The Morgan fingerprint density at radius 1 is 1.07 bits per heavy atom. The second-order valence-electron chi connectivity index (χ2n) is 11.8. The maximum absolute atomic E-state index is 14.3. The summed E-state index contributed by atoms with van der Waals surface area (Å²) in [5.41, 5.74) is 0.445. The van der Waals surface area contributed by atoms with Crippen molar-refractivity contribution in [3.8, 4) is 11.4 Å². The van der Waals surface area contributed by atoms with Gasteiger partial charge in [-0.05, 0) is 63.4 Å². The van der Waals surface area contributed by atoms with E-state index in [0.29, 0.717) is 36.0 Å². The van der Waals surface area contributed by atoms with Gasteiger partial charge < -0.3 is 9.47 Å². The Balaban J connectivity index is 1.42. The summed E-state index contributed by atoms with van der Waals surface area (Å²) in [4.78, 5) is 45.5. The molecule has 3 aliphatic rings. The lowest BCUT2D eigenvalue weighted by atomic mass is 9.96. The van der Waals surface area contributed by atoms with Gasteiger partial charge in [0.2, 0.25) is 5.96 Å². The van der Waals surface area contributed by atoms with E-state index in [4.69, 9.17) is 9.98 Å². The molecule has 6 rings (SSSR count). The molecule has 2 aromatic heterocycles. The van der Waals surface area contributed by atoms with Crippen molar-refractivity contribution >= 4 is 23.6 Å². The van der Waals surface area contributed by atoms with Crippen LogP contribution in [0.2, 0.25) is 0 Å². The molecule has 232 valence electrons. The van der Waals surface area contributed by atoms with Gasteiger partial charge in [0.1, 0.15) is 17.3 Å². The van der Waals surface area contributed by atoms with E-state index >= 15 is 0 Å². The molecule has 1 fully saturated rings. The normalized spacial score (nSPS) is 18.4. The number of piperidine rings is 1. The van der Waals surface area contributed by atoms with Crippen LogP contribution in [0.25, 0.3) is 11.4 Å². The van der Waals surface area contributed by atoms with Crippen LogP contribution in [0.3, 0.4) is 0 Å². The summed E-state index contributed by atoms with van der Waals surface area (Å²) in [6, 6.07) is 6.62. The summed E-state index contributed by atoms with van der Waals surface area (Å²) < 4.78 is 69.2. The highest BCUT2D eigenvalue weighted by Gasteiger charge is 2.46. The van der Waals surface area contributed by atoms with Gasteiger partial charge in [0.05, 0.1) is 24.5 Å². The predicted octanol–water partition coefficient (Wildman–Crippen LogP) is 5.12. The van der Waals surface area contributed by atoms with Crippen molar-refractivity contribution in [2.24, 2.45) is 10.9 Å². The molecular formula is C30H30F5N7O2. The van der Waals surface area contributed by atoms with E-state index < -0.39 is 35.2 Å². The third kappa shape index (κ3) is 5.19. The van der Waals surface area contributed by atoms with E-state index in [2.05, 4.69) is 4.98 Å². The molecule has 0 radical (unpaired) electrons. The minimum Gasteiger partial charge on any atom is -0.337 e. The van der Waals surface area contributed by atoms with Gasteiger partial charge in [-0.3, -0.25) is 24.4 Å². The second kappa shape index (κ2) is 10.7. The Bertz CT molecular complexity index is 1670. The highest BCUT2D eigenvalue weighted by Crippen LogP contribution is 2.39. The van der Waals surface area contributed by atoms with Crippen LogP contribution in [0.4, 0.5) is 27.8 Å². The molecule has 14 heteroatoms. The van der Waals surface area contributed by atoms with Crippen LogP contribution in [0.15, 0.2) is 41.5 Å². The Labute approximate surface area is 250 Å². The molecular weight excluding hydrogens is 585 g/mol. The summed E-state index contributed by atoms with van der Waals surface area (Å²) in [7, 11) is 0. The number of alkyl halides is 3. The number of halogens is 5. The van der Waals surface area contributed by atoms with Crippen molar-refractivity contribution in [1.82, 2.24) is 24.3 Å². The minimum atomic E-state index is -4.31. The van der Waals surface area contributed by atoms with Gasteiger partial charge in [0.25, 0.3) is 11.8 Å². The number of nitrogens with zero attached hydrogens (tertiary/aromatic N) is 7. The van der Waals surface area contributed by atoms with E-state index in [1.54, 1.807) is 10.6 Å². The van der Waals surface area contributed by atoms with E-state index in [0.717, 1.165) is 12.1 Å². The number of fused-ring (bicyclic) bond motifs is 3. The minimum absolute atomic E-state index is 0.00897. The highest BCUT2D eigenvalue weighted by molar-refractivity contribution is 6.18. The Hall–Kier alpha value is -4.36. The first-order valence-electron chi connectivity index (χ1n) is 14.3. The number of amides is 2. The molecule has 0 unspecified atom stereocenters. The molecule has 0 saturated carbocycles. The molecule has 1 aromatic carbocycles. The molecule has 2 amide bonds. The number of benzene rings is 1. The summed E-state index contributed by atoms with van der Waals surface area (Å²) in [6.45, 7) is 6.37. The Kier molecular flexibility index (Phi) is 7.20. The molecule has 0 bridgehead atoms. The van der Waals surface area contributed by atoms with Crippen LogP contribution in [0.1, 0.15) is 60.2 Å². The van der Waals surface area contributed by atoms with Crippen LogP contribution in [-0.2, 0) is 6.54 Å². The lowest BCUT2D eigenvalue weighted by Crippen LogP contribution is -2.51. The first kappa shape index (κ1) is 29.7. The number of anilines is 1. The molecule has 0 N–H and O–H groups in total. The number of aromatic nitrogens is 3. The fourth-order valence-corrected chi connectivity index (χ4v) is 6.01. The van der Waals surface area contributed by atoms with Gasteiger partial charge in [-0.2, -0.15) is 13.2 Å². The number of pyridine rings is 1. The standard InChI is InChI=1S/C30H30F5N7O2/c1-4-40-27(44)23-25(42-16-29(2,3)38-28(40)42)41(15-17-5-6-20(31)21(32)13-17)24(37-23)18-7-10-36-22(14-18)26(43)39-11-8-19(9-12-39)30(33,34)35/h5-7,10,13-14,19H,4,8-9,11-12,15-16H2,1-3H3. The van der Waals surface area contributed by atoms with E-state index in [-0.39, 0.29) is 55.6 Å². The SMILES string of the molecule is CCN1C(=O)c2nc(-c3ccnc(C(=O)N4CCC(C(F)(F)F)CC4)c3)n(Cc3ccc(F)c(F)c3)c2N2CC(C)(C)N=C12. The van der Waals surface area contributed by atoms with Gasteiger partial charge in [-0.15, -0.1) is 0 Å². The summed E-state index contributed by atoms with van der Waals surface area (Å²) >= 11 is 0. The first-order chi connectivity index (χ1) is 20.8. The Morgan fingerprint density at radius 2 is 1.80 bits per heavy atom. The van der Waals surface area contributed by atoms with Gasteiger partial charge in [-0.1, -0.05) is 6.07 Å². The van der Waals surface area contributed by atoms with Crippen LogP contribution in [0, 0.1) is 17.6 Å². The van der Waals surface area contributed by atoms with Crippen LogP contribution in [0.5, 0.6) is 0 Å². The summed E-state index contributed by atoms with van der Waals surface area (Å²) in [5.74, 6) is -3.20. The molecule has 0 atom stereocenters. The number of aliphatic imine (C=N–C) groups is 1. The average molecular weight is 616 g/mol. The number of hydrogen-bond donors (Lipinski definition) is 0. The first-order valence-corrected chi connectivity index (χ1v) is 14.3. The van der Waals surface area contributed by atoms with Crippen molar-refractivity contribution in [1.29, 1.82) is 0 Å². The quantitative estimate of drug-likeness (QED) is 0.372. The number of imidazole rings is 1. The molecule has 3 aromatic rings. The highest BCUT2D eigenvalue weighted by atomic mass is 19.4. The van der Waals surface area contributed by atoms with E-state index in [9.17, 15) is 31.5 Å². The lowest BCUT2D eigenvalue weighted by molar-refractivity contribution is -0.183. The van der Waals surface area contributed by atoms with Gasteiger partial charge >= 0.3 is 6.18 Å². The van der Waals surface area contributed by atoms with E-state index in [1.165, 1.54) is 28.1 Å². The van der Waals surface area contributed by atoms with Crippen molar-refractivity contribution < 1.29 is 31.5 Å². The molecule has 9 nitrogen and oxygen atoms in total. The van der Waals surface area contributed by atoms with Crippen LogP contribution in [-0.4, -0.2) is 80.0 Å². The zero-order valence-corrected chi connectivity index (χ0v) is 24.3. The van der Waals surface area contributed by atoms with Crippen molar-refractivity contribution in [3.63, 3.8) is 0 Å². The smallest absolute Gasteiger partial charge is 0.337 e. The maximum Gasteiger partial charge on any atom is 0.391 e. The molecule has 5 heterocycles. The van der Waals surface area contributed by atoms with E-state index in [1.807, 2.05) is 25.7 Å². The number of carbonyl (C=O) groups excluding carboxylic acids is 2. The summed E-state index contributed by atoms with van der Waals surface area (Å²) in [6.07, 6.45) is -3.29. The number of rotatable bonds is 5. The average Bonchev–Trinajstić information content (AvgIpc) is 3.51. The zero-order valence-electron chi connectivity index (χ0n) is 24.3. The molecule has 1 saturated heterocycles. The molecule has 44 heavy (non-hydrogen) atoms. The monoisotopic (exact) mass is 615 g/mol.